The minimum atomic E-state index is -0.136. The molecule has 0 aromatic carbocycles. The van der Waals surface area contributed by atoms with E-state index in [9.17, 15) is 4.79 Å². The van der Waals surface area contributed by atoms with Crippen molar-refractivity contribution in [3.63, 3.8) is 0 Å². The van der Waals surface area contributed by atoms with Crippen LogP contribution in [-0.2, 0) is 4.79 Å². The van der Waals surface area contributed by atoms with Crippen molar-refractivity contribution < 1.29 is 4.79 Å². The summed E-state index contributed by atoms with van der Waals surface area (Å²) in [6.45, 7) is 6.46. The van der Waals surface area contributed by atoms with Crippen LogP contribution < -0.4 is 10.6 Å². The minimum Gasteiger partial charge on any atom is -0.342 e. The van der Waals surface area contributed by atoms with E-state index in [1.165, 1.54) is 0 Å². The summed E-state index contributed by atoms with van der Waals surface area (Å²) in [5, 5.41) is 13.8. The molecule has 0 heterocycles. The molecule has 74 valence electrons. The average molecular weight is 183 g/mol. The van der Waals surface area contributed by atoms with Crippen LogP contribution in [0.1, 0.15) is 27.2 Å². The first-order valence-electron chi connectivity index (χ1n) is 4.40. The van der Waals surface area contributed by atoms with Crippen LogP contribution in [0.4, 0.5) is 0 Å². The molecule has 0 rings (SSSR count). The summed E-state index contributed by atoms with van der Waals surface area (Å²) in [5.74, 6) is -0.136. The summed E-state index contributed by atoms with van der Waals surface area (Å²) in [6.07, 6.45) is 0.957. The zero-order chi connectivity index (χ0) is 10.3. The van der Waals surface area contributed by atoms with Crippen LogP contribution >= 0.6 is 0 Å². The SMILES string of the molecule is CCC(C)(C)NCC(=O)NCC#N. The van der Waals surface area contributed by atoms with Crippen molar-refractivity contribution in [2.75, 3.05) is 13.1 Å². The van der Waals surface area contributed by atoms with Gasteiger partial charge in [0.25, 0.3) is 0 Å². The number of amides is 1. The van der Waals surface area contributed by atoms with Gasteiger partial charge in [-0.15, -0.1) is 0 Å². The third-order valence-corrected chi connectivity index (χ3v) is 1.98. The number of rotatable bonds is 5. The maximum atomic E-state index is 11.0. The maximum absolute atomic E-state index is 11.0. The molecular formula is C9H17N3O. The molecule has 4 nitrogen and oxygen atoms in total. The summed E-state index contributed by atoms with van der Waals surface area (Å²) in [5.41, 5.74) is -0.0238. The van der Waals surface area contributed by atoms with E-state index in [2.05, 4.69) is 17.6 Å². The Kier molecular flexibility index (Phi) is 5.09. The summed E-state index contributed by atoms with van der Waals surface area (Å²) in [6, 6.07) is 1.85. The second-order valence-corrected chi connectivity index (χ2v) is 3.53. The molecular weight excluding hydrogens is 166 g/mol. The highest BCUT2D eigenvalue weighted by molar-refractivity contribution is 5.78. The third kappa shape index (κ3) is 6.12. The van der Waals surface area contributed by atoms with Gasteiger partial charge in [0.2, 0.25) is 5.91 Å². The number of hydrogen-bond donors (Lipinski definition) is 2. The third-order valence-electron chi connectivity index (χ3n) is 1.98. The maximum Gasteiger partial charge on any atom is 0.234 e. The first-order valence-corrected chi connectivity index (χ1v) is 4.40. The van der Waals surface area contributed by atoms with Gasteiger partial charge in [0, 0.05) is 5.54 Å². The molecule has 2 N–H and O–H groups in total. The topological polar surface area (TPSA) is 64.9 Å². The lowest BCUT2D eigenvalue weighted by molar-refractivity contribution is -0.120. The van der Waals surface area contributed by atoms with E-state index in [4.69, 9.17) is 5.26 Å². The fraction of sp³-hybridized carbons (Fsp3) is 0.778. The summed E-state index contributed by atoms with van der Waals surface area (Å²) < 4.78 is 0. The monoisotopic (exact) mass is 183 g/mol. The molecule has 0 radical (unpaired) electrons. The Morgan fingerprint density at radius 1 is 1.54 bits per heavy atom. The van der Waals surface area contributed by atoms with Gasteiger partial charge in [-0.25, -0.2) is 0 Å². The first-order chi connectivity index (χ1) is 6.02. The molecule has 0 aromatic heterocycles. The van der Waals surface area contributed by atoms with Crippen molar-refractivity contribution in [3.8, 4) is 6.07 Å². The Morgan fingerprint density at radius 3 is 2.62 bits per heavy atom. The Balaban J connectivity index is 3.65. The summed E-state index contributed by atoms with van der Waals surface area (Å²) in [4.78, 5) is 11.0. The first kappa shape index (κ1) is 11.9. The van der Waals surface area contributed by atoms with E-state index < -0.39 is 0 Å². The molecule has 0 aromatic rings. The van der Waals surface area contributed by atoms with E-state index in [0.29, 0.717) is 0 Å². The molecule has 0 fully saturated rings. The lowest BCUT2D eigenvalue weighted by Gasteiger charge is -2.23. The zero-order valence-electron chi connectivity index (χ0n) is 8.48. The largest absolute Gasteiger partial charge is 0.342 e. The van der Waals surface area contributed by atoms with Crippen LogP contribution in [0.5, 0.6) is 0 Å². The Bertz CT molecular complexity index is 205. The van der Waals surface area contributed by atoms with Crippen molar-refractivity contribution in [1.29, 1.82) is 5.26 Å². The van der Waals surface area contributed by atoms with Crippen LogP contribution in [0.2, 0.25) is 0 Å². The van der Waals surface area contributed by atoms with Gasteiger partial charge in [0.1, 0.15) is 6.54 Å². The second-order valence-electron chi connectivity index (χ2n) is 3.53. The van der Waals surface area contributed by atoms with Crippen molar-refractivity contribution in [1.82, 2.24) is 10.6 Å². The molecule has 0 unspecified atom stereocenters. The van der Waals surface area contributed by atoms with Crippen LogP contribution in [0.25, 0.3) is 0 Å². The summed E-state index contributed by atoms with van der Waals surface area (Å²) in [7, 11) is 0. The molecule has 0 aliphatic rings. The van der Waals surface area contributed by atoms with E-state index in [0.717, 1.165) is 6.42 Å². The lowest BCUT2D eigenvalue weighted by atomic mass is 10.0. The predicted octanol–water partition coefficient (Wildman–Crippen LogP) is 0.404. The molecule has 0 bridgehead atoms. The average Bonchev–Trinajstić information content (AvgIpc) is 2.11. The molecule has 0 saturated heterocycles. The van der Waals surface area contributed by atoms with Crippen LogP contribution in [0, 0.1) is 11.3 Å². The lowest BCUT2D eigenvalue weighted by Crippen LogP contribution is -2.44. The van der Waals surface area contributed by atoms with Crippen LogP contribution in [-0.4, -0.2) is 24.5 Å². The quantitative estimate of drug-likeness (QED) is 0.606. The van der Waals surface area contributed by atoms with Gasteiger partial charge < -0.3 is 10.6 Å². The normalized spacial score (nSPS) is 10.6. The fourth-order valence-corrected chi connectivity index (χ4v) is 0.645. The Hall–Kier alpha value is -1.08. The van der Waals surface area contributed by atoms with Crippen molar-refractivity contribution in [3.05, 3.63) is 0 Å². The van der Waals surface area contributed by atoms with Crippen molar-refractivity contribution in [2.24, 2.45) is 0 Å². The standard InChI is InChI=1S/C9H17N3O/c1-4-9(2,3)12-7-8(13)11-6-5-10/h12H,4,6-7H2,1-3H3,(H,11,13). The van der Waals surface area contributed by atoms with Gasteiger partial charge in [-0.1, -0.05) is 6.92 Å². The fourth-order valence-electron chi connectivity index (χ4n) is 0.645. The van der Waals surface area contributed by atoms with E-state index in [1.54, 1.807) is 0 Å². The number of nitrogens with zero attached hydrogens (tertiary/aromatic N) is 1. The van der Waals surface area contributed by atoms with E-state index in [-0.39, 0.29) is 24.5 Å². The van der Waals surface area contributed by atoms with Gasteiger partial charge in [-0.2, -0.15) is 5.26 Å². The number of nitriles is 1. The molecule has 1 amide bonds. The Morgan fingerprint density at radius 2 is 2.15 bits per heavy atom. The number of carbonyl (C=O) groups is 1. The number of carbonyl (C=O) groups excluding carboxylic acids is 1. The second kappa shape index (κ2) is 5.55. The zero-order valence-corrected chi connectivity index (χ0v) is 8.48. The molecule has 0 atom stereocenters. The summed E-state index contributed by atoms with van der Waals surface area (Å²) >= 11 is 0. The van der Waals surface area contributed by atoms with Crippen LogP contribution in [0.15, 0.2) is 0 Å². The van der Waals surface area contributed by atoms with Gasteiger partial charge >= 0.3 is 0 Å². The highest BCUT2D eigenvalue weighted by Crippen LogP contribution is 2.05. The molecule has 0 aliphatic heterocycles. The molecule has 0 saturated carbocycles. The highest BCUT2D eigenvalue weighted by atomic mass is 16.1. The van der Waals surface area contributed by atoms with Gasteiger partial charge in [0.15, 0.2) is 0 Å². The van der Waals surface area contributed by atoms with E-state index in [1.807, 2.05) is 19.9 Å². The van der Waals surface area contributed by atoms with Crippen molar-refractivity contribution in [2.45, 2.75) is 32.7 Å². The number of hydrogen-bond acceptors (Lipinski definition) is 3. The minimum absolute atomic E-state index is 0.0238. The molecule has 0 spiro atoms. The van der Waals surface area contributed by atoms with Gasteiger partial charge in [-0.3, -0.25) is 4.79 Å². The Labute approximate surface area is 79.3 Å². The highest BCUT2D eigenvalue weighted by Gasteiger charge is 2.14. The predicted molar refractivity (Wildman–Crippen MR) is 51.0 cm³/mol. The van der Waals surface area contributed by atoms with Crippen molar-refractivity contribution >= 4 is 5.91 Å². The van der Waals surface area contributed by atoms with Crippen LogP contribution in [0.3, 0.4) is 0 Å². The van der Waals surface area contributed by atoms with Gasteiger partial charge in [-0.05, 0) is 20.3 Å². The number of nitrogens with one attached hydrogen (secondary N) is 2. The molecule has 0 aliphatic carbocycles. The molecule has 4 heteroatoms. The smallest absolute Gasteiger partial charge is 0.234 e. The van der Waals surface area contributed by atoms with E-state index >= 15 is 0 Å². The molecule has 13 heavy (non-hydrogen) atoms. The van der Waals surface area contributed by atoms with Gasteiger partial charge in [0.05, 0.1) is 12.6 Å².